The molecule has 1 atom stereocenters. The highest BCUT2D eigenvalue weighted by molar-refractivity contribution is 7.85. The number of aliphatic carboxylic acids is 1. The normalized spacial score (nSPS) is 12.7. The molecule has 0 bridgehead atoms. The van der Waals surface area contributed by atoms with Gasteiger partial charge in [-0.1, -0.05) is 0 Å². The number of hydrogen-bond donors (Lipinski definition) is 4. The maximum Gasteiger partial charge on any atom is 0.327 e. The van der Waals surface area contributed by atoms with Crippen LogP contribution in [0.5, 0.6) is 5.75 Å². The molecule has 0 fully saturated rings. The fourth-order valence-corrected chi connectivity index (χ4v) is 1.83. The number of amides is 1. The van der Waals surface area contributed by atoms with Crippen LogP contribution in [0.1, 0.15) is 10.5 Å². The van der Waals surface area contributed by atoms with Crippen LogP contribution in [0.15, 0.2) is 18.3 Å². The molecule has 104 valence electrons. The zero-order valence-electron chi connectivity index (χ0n) is 9.35. The van der Waals surface area contributed by atoms with Crippen molar-refractivity contribution in [3.05, 3.63) is 24.0 Å². The summed E-state index contributed by atoms with van der Waals surface area (Å²) in [6.07, 6.45) is 1.19. The second-order valence-electron chi connectivity index (χ2n) is 3.48. The Morgan fingerprint density at radius 1 is 1.42 bits per heavy atom. The molecule has 4 N–H and O–H groups in total. The highest BCUT2D eigenvalue weighted by atomic mass is 32.2. The Balaban J connectivity index is 2.89. The minimum atomic E-state index is -4.58. The van der Waals surface area contributed by atoms with E-state index in [1.807, 2.05) is 5.32 Å². The van der Waals surface area contributed by atoms with Gasteiger partial charge in [0.25, 0.3) is 16.0 Å². The van der Waals surface area contributed by atoms with E-state index in [1.54, 1.807) is 0 Å². The van der Waals surface area contributed by atoms with E-state index in [0.717, 1.165) is 6.07 Å². The average molecular weight is 290 g/mol. The summed E-state index contributed by atoms with van der Waals surface area (Å²) in [5.74, 6) is -4.41. The number of aromatic nitrogens is 1. The molecule has 1 aromatic heterocycles. The number of hydrogen-bond acceptors (Lipinski definition) is 6. The molecule has 0 aliphatic rings. The fraction of sp³-hybridized carbons (Fsp3) is 0.222. The highest BCUT2D eigenvalue weighted by Crippen LogP contribution is 2.12. The number of carboxylic acid groups (broad SMARTS) is 1. The number of carboxylic acids is 1. The van der Waals surface area contributed by atoms with Gasteiger partial charge in [0.05, 0.1) is 0 Å². The summed E-state index contributed by atoms with van der Waals surface area (Å²) in [5.41, 5.74) is -0.455. The summed E-state index contributed by atoms with van der Waals surface area (Å²) >= 11 is 0. The molecule has 1 aromatic rings. The first-order chi connectivity index (χ1) is 8.70. The van der Waals surface area contributed by atoms with E-state index >= 15 is 0 Å². The number of aromatic hydroxyl groups is 1. The third kappa shape index (κ3) is 4.52. The maximum atomic E-state index is 11.6. The van der Waals surface area contributed by atoms with Gasteiger partial charge in [-0.2, -0.15) is 8.42 Å². The lowest BCUT2D eigenvalue weighted by molar-refractivity contribution is -0.138. The third-order valence-corrected chi connectivity index (χ3v) is 2.74. The number of carbonyl (C=O) groups excluding carboxylic acids is 1. The summed E-state index contributed by atoms with van der Waals surface area (Å²) in [7, 11) is -4.58. The highest BCUT2D eigenvalue weighted by Gasteiger charge is 2.27. The monoisotopic (exact) mass is 290 g/mol. The number of nitrogens with one attached hydrogen (secondary N) is 1. The molecule has 0 saturated heterocycles. The first-order valence-electron chi connectivity index (χ1n) is 4.83. The molecule has 1 heterocycles. The summed E-state index contributed by atoms with van der Waals surface area (Å²) in [4.78, 5) is 25.9. The van der Waals surface area contributed by atoms with Crippen LogP contribution in [0.4, 0.5) is 0 Å². The third-order valence-electron chi connectivity index (χ3n) is 1.98. The Bertz CT molecular complexity index is 598. The van der Waals surface area contributed by atoms with Crippen LogP contribution in [0.2, 0.25) is 0 Å². The minimum absolute atomic E-state index is 0.455. The van der Waals surface area contributed by atoms with Gasteiger partial charge in [0.15, 0.2) is 5.69 Å². The van der Waals surface area contributed by atoms with E-state index in [-0.39, 0.29) is 0 Å². The van der Waals surface area contributed by atoms with Crippen LogP contribution in [-0.2, 0) is 14.9 Å². The van der Waals surface area contributed by atoms with Crippen molar-refractivity contribution >= 4 is 22.0 Å². The quantitative estimate of drug-likeness (QED) is 0.496. The molecular formula is C9H10N2O7S. The van der Waals surface area contributed by atoms with Gasteiger partial charge in [0, 0.05) is 6.20 Å². The molecular weight excluding hydrogens is 280 g/mol. The molecule has 0 aromatic carbocycles. The Labute approximate surface area is 107 Å². The van der Waals surface area contributed by atoms with Crippen LogP contribution in [0.25, 0.3) is 0 Å². The number of rotatable bonds is 5. The SMILES string of the molecule is O=C(N[C@@H](CS(=O)(=O)O)C(=O)O)c1ncccc1O. The molecule has 0 aliphatic carbocycles. The van der Waals surface area contributed by atoms with E-state index in [2.05, 4.69) is 4.98 Å². The number of carbonyl (C=O) groups is 2. The lowest BCUT2D eigenvalue weighted by atomic mass is 10.2. The fourth-order valence-electron chi connectivity index (χ4n) is 1.18. The zero-order chi connectivity index (χ0) is 14.6. The molecule has 0 saturated carbocycles. The van der Waals surface area contributed by atoms with Crippen LogP contribution in [-0.4, -0.2) is 51.8 Å². The van der Waals surface area contributed by atoms with Crippen molar-refractivity contribution in [2.45, 2.75) is 6.04 Å². The van der Waals surface area contributed by atoms with Crippen molar-refractivity contribution in [1.29, 1.82) is 0 Å². The lowest BCUT2D eigenvalue weighted by Crippen LogP contribution is -2.45. The second kappa shape index (κ2) is 5.63. The summed E-state index contributed by atoms with van der Waals surface area (Å²) < 4.78 is 29.8. The summed E-state index contributed by atoms with van der Waals surface area (Å²) in [6, 6.07) is 0.642. The van der Waals surface area contributed by atoms with Crippen LogP contribution >= 0.6 is 0 Å². The lowest BCUT2D eigenvalue weighted by Gasteiger charge is -2.12. The molecule has 19 heavy (non-hydrogen) atoms. The van der Waals surface area contributed by atoms with Crippen molar-refractivity contribution in [1.82, 2.24) is 10.3 Å². The van der Waals surface area contributed by atoms with Crippen molar-refractivity contribution in [2.75, 3.05) is 5.75 Å². The molecule has 10 heteroatoms. The Hall–Kier alpha value is -2.20. The Kier molecular flexibility index (Phi) is 4.40. The number of pyridine rings is 1. The first kappa shape index (κ1) is 14.9. The second-order valence-corrected chi connectivity index (χ2v) is 4.98. The average Bonchev–Trinajstić information content (AvgIpc) is 2.26. The van der Waals surface area contributed by atoms with Gasteiger partial charge in [-0.05, 0) is 12.1 Å². The van der Waals surface area contributed by atoms with Crippen molar-refractivity contribution in [3.8, 4) is 5.75 Å². The van der Waals surface area contributed by atoms with E-state index in [0.29, 0.717) is 0 Å². The van der Waals surface area contributed by atoms with Gasteiger partial charge in [-0.25, -0.2) is 9.78 Å². The topological polar surface area (TPSA) is 154 Å². The smallest absolute Gasteiger partial charge is 0.327 e. The number of nitrogens with zero attached hydrogens (tertiary/aromatic N) is 1. The molecule has 9 nitrogen and oxygen atoms in total. The molecule has 0 aliphatic heterocycles. The summed E-state index contributed by atoms with van der Waals surface area (Å²) in [6.45, 7) is 0. The van der Waals surface area contributed by atoms with Gasteiger partial charge in [-0.15, -0.1) is 0 Å². The predicted octanol–water partition coefficient (Wildman–Crippen LogP) is -1.14. The standard InChI is InChI=1S/C9H10N2O7S/c12-6-2-1-3-10-7(6)8(13)11-5(9(14)15)4-19(16,17)18/h1-3,5,12H,4H2,(H,11,13)(H,14,15)(H,16,17,18)/t5-/m0/s1. The van der Waals surface area contributed by atoms with E-state index < -0.39 is 45.2 Å². The first-order valence-corrected chi connectivity index (χ1v) is 6.44. The summed E-state index contributed by atoms with van der Waals surface area (Å²) in [5, 5.41) is 19.9. The van der Waals surface area contributed by atoms with Crippen molar-refractivity contribution in [3.63, 3.8) is 0 Å². The van der Waals surface area contributed by atoms with Crippen LogP contribution in [0.3, 0.4) is 0 Å². The van der Waals surface area contributed by atoms with Gasteiger partial charge in [0.2, 0.25) is 0 Å². The van der Waals surface area contributed by atoms with Crippen molar-refractivity contribution < 1.29 is 32.8 Å². The Morgan fingerprint density at radius 2 is 2.05 bits per heavy atom. The molecule has 0 unspecified atom stereocenters. The predicted molar refractivity (Wildman–Crippen MR) is 61.2 cm³/mol. The molecule has 0 radical (unpaired) electrons. The van der Waals surface area contributed by atoms with Crippen LogP contribution in [0, 0.1) is 0 Å². The molecule has 1 amide bonds. The van der Waals surface area contributed by atoms with Crippen molar-refractivity contribution in [2.24, 2.45) is 0 Å². The Morgan fingerprint density at radius 3 is 2.53 bits per heavy atom. The van der Waals surface area contributed by atoms with E-state index in [1.165, 1.54) is 12.3 Å². The minimum Gasteiger partial charge on any atom is -0.505 e. The van der Waals surface area contributed by atoms with Gasteiger partial charge < -0.3 is 15.5 Å². The van der Waals surface area contributed by atoms with E-state index in [4.69, 9.17) is 9.66 Å². The molecule has 1 rings (SSSR count). The van der Waals surface area contributed by atoms with Gasteiger partial charge in [-0.3, -0.25) is 9.35 Å². The largest absolute Gasteiger partial charge is 0.505 e. The van der Waals surface area contributed by atoms with Crippen LogP contribution < -0.4 is 5.32 Å². The van der Waals surface area contributed by atoms with Gasteiger partial charge in [0.1, 0.15) is 17.5 Å². The molecule has 0 spiro atoms. The van der Waals surface area contributed by atoms with Gasteiger partial charge >= 0.3 is 5.97 Å². The van der Waals surface area contributed by atoms with E-state index in [9.17, 15) is 23.1 Å². The maximum absolute atomic E-state index is 11.6. The zero-order valence-corrected chi connectivity index (χ0v) is 10.2.